The maximum Gasteiger partial charge on any atom is 0.185 e. The maximum atomic E-state index is 10.7. The van der Waals surface area contributed by atoms with Crippen LogP contribution in [-0.4, -0.2) is 18.0 Å². The second-order valence-electron chi connectivity index (χ2n) is 3.35. The highest BCUT2D eigenvalue weighted by molar-refractivity contribution is 8.13. The van der Waals surface area contributed by atoms with E-state index >= 15 is 0 Å². The van der Waals surface area contributed by atoms with Crippen molar-refractivity contribution in [3.8, 4) is 17.6 Å². The van der Waals surface area contributed by atoms with E-state index in [1.807, 2.05) is 6.07 Å². The van der Waals surface area contributed by atoms with Gasteiger partial charge in [-0.3, -0.25) is 4.79 Å². The van der Waals surface area contributed by atoms with Crippen molar-refractivity contribution in [1.29, 1.82) is 0 Å². The number of hydrogen-bond donors (Lipinski definition) is 1. The quantitative estimate of drug-likeness (QED) is 0.507. The molecule has 0 spiro atoms. The number of carbonyl (C=O) groups is 1. The molecule has 0 atom stereocenters. The van der Waals surface area contributed by atoms with Gasteiger partial charge in [0.2, 0.25) is 0 Å². The summed E-state index contributed by atoms with van der Waals surface area (Å²) in [6.45, 7) is 1.56. The first-order valence-corrected chi connectivity index (χ1v) is 6.18. The van der Waals surface area contributed by atoms with Crippen LogP contribution in [0.4, 0.5) is 5.69 Å². The zero-order valence-corrected chi connectivity index (χ0v) is 10.8. The molecule has 0 aliphatic carbocycles. The molecule has 1 rings (SSSR count). The van der Waals surface area contributed by atoms with E-state index in [0.29, 0.717) is 17.9 Å². The van der Waals surface area contributed by atoms with Crippen molar-refractivity contribution in [3.63, 3.8) is 0 Å². The second kappa shape index (κ2) is 6.87. The maximum absolute atomic E-state index is 10.7. The Labute approximate surface area is 106 Å². The molecule has 0 fully saturated rings. The van der Waals surface area contributed by atoms with Crippen molar-refractivity contribution in [3.05, 3.63) is 23.8 Å². The Morgan fingerprint density at radius 3 is 2.94 bits per heavy atom. The van der Waals surface area contributed by atoms with Crippen LogP contribution in [-0.2, 0) is 4.79 Å². The highest BCUT2D eigenvalue weighted by Gasteiger charge is 1.98. The summed E-state index contributed by atoms with van der Waals surface area (Å²) < 4.78 is 5.10. The van der Waals surface area contributed by atoms with Gasteiger partial charge in [0.05, 0.1) is 12.8 Å². The summed E-state index contributed by atoms with van der Waals surface area (Å²) in [5.74, 6) is 7.38. The number of anilines is 1. The van der Waals surface area contributed by atoms with Crippen molar-refractivity contribution in [1.82, 2.24) is 0 Å². The Bertz CT molecular complexity index is 460. The lowest BCUT2D eigenvalue weighted by Crippen LogP contribution is -1.92. The zero-order chi connectivity index (χ0) is 12.7. The van der Waals surface area contributed by atoms with Gasteiger partial charge in [-0.15, -0.1) is 0 Å². The van der Waals surface area contributed by atoms with Gasteiger partial charge >= 0.3 is 0 Å². The lowest BCUT2D eigenvalue weighted by molar-refractivity contribution is -0.109. The normalized spacial score (nSPS) is 9.29. The third-order valence-electron chi connectivity index (χ3n) is 2.00. The lowest BCUT2D eigenvalue weighted by Gasteiger charge is -2.03. The predicted molar refractivity (Wildman–Crippen MR) is 72.0 cm³/mol. The standard InChI is InChI=1S/C13H15NO2S/c1-10(15)17-8-4-3-5-11-6-7-12(14)13(9-11)16-2/h6-7,9H,4,8,14H2,1-2H3. The summed E-state index contributed by atoms with van der Waals surface area (Å²) in [7, 11) is 1.58. The molecule has 90 valence electrons. The monoisotopic (exact) mass is 249 g/mol. The van der Waals surface area contributed by atoms with Crippen molar-refractivity contribution in [2.45, 2.75) is 13.3 Å². The van der Waals surface area contributed by atoms with Crippen LogP contribution in [0.15, 0.2) is 18.2 Å². The van der Waals surface area contributed by atoms with Gasteiger partial charge in [-0.2, -0.15) is 0 Å². The topological polar surface area (TPSA) is 52.3 Å². The van der Waals surface area contributed by atoms with Crippen LogP contribution in [0.1, 0.15) is 18.9 Å². The fourth-order valence-electron chi connectivity index (χ4n) is 1.20. The van der Waals surface area contributed by atoms with E-state index in [-0.39, 0.29) is 5.12 Å². The van der Waals surface area contributed by atoms with E-state index < -0.39 is 0 Å². The van der Waals surface area contributed by atoms with Gasteiger partial charge in [-0.1, -0.05) is 23.6 Å². The number of benzene rings is 1. The molecule has 0 bridgehead atoms. The lowest BCUT2D eigenvalue weighted by atomic mass is 10.2. The van der Waals surface area contributed by atoms with Crippen molar-refractivity contribution in [2.75, 3.05) is 18.6 Å². The summed E-state index contributed by atoms with van der Waals surface area (Å²) in [4.78, 5) is 10.7. The zero-order valence-electron chi connectivity index (χ0n) is 9.95. The summed E-state index contributed by atoms with van der Waals surface area (Å²) in [6.07, 6.45) is 0.691. The van der Waals surface area contributed by atoms with Crippen LogP contribution in [0, 0.1) is 11.8 Å². The highest BCUT2D eigenvalue weighted by atomic mass is 32.2. The van der Waals surface area contributed by atoms with Crippen molar-refractivity contribution < 1.29 is 9.53 Å². The van der Waals surface area contributed by atoms with Gasteiger partial charge < -0.3 is 10.5 Å². The van der Waals surface area contributed by atoms with E-state index in [4.69, 9.17) is 10.5 Å². The van der Waals surface area contributed by atoms with E-state index in [1.165, 1.54) is 11.8 Å². The molecule has 3 nitrogen and oxygen atoms in total. The van der Waals surface area contributed by atoms with Crippen LogP contribution < -0.4 is 10.5 Å². The van der Waals surface area contributed by atoms with Gasteiger partial charge in [0.15, 0.2) is 5.12 Å². The van der Waals surface area contributed by atoms with Crippen LogP contribution in [0.2, 0.25) is 0 Å². The number of hydrogen-bond acceptors (Lipinski definition) is 4. The number of nitrogen functional groups attached to an aromatic ring is 1. The second-order valence-corrected chi connectivity index (χ2v) is 4.62. The van der Waals surface area contributed by atoms with Crippen LogP contribution in [0.25, 0.3) is 0 Å². The largest absolute Gasteiger partial charge is 0.495 e. The molecular weight excluding hydrogens is 234 g/mol. The average molecular weight is 249 g/mol. The van der Waals surface area contributed by atoms with Crippen LogP contribution >= 0.6 is 11.8 Å². The first-order chi connectivity index (χ1) is 8.13. The number of thioether (sulfide) groups is 1. The molecule has 2 N–H and O–H groups in total. The average Bonchev–Trinajstić information content (AvgIpc) is 2.30. The minimum Gasteiger partial charge on any atom is -0.495 e. The summed E-state index contributed by atoms with van der Waals surface area (Å²) in [5.41, 5.74) is 7.16. The molecule has 0 aromatic heterocycles. The van der Waals surface area contributed by atoms with Crippen molar-refractivity contribution in [2.24, 2.45) is 0 Å². The smallest absolute Gasteiger partial charge is 0.185 e. The van der Waals surface area contributed by atoms with Gasteiger partial charge in [0, 0.05) is 24.7 Å². The Balaban J connectivity index is 2.57. The number of nitrogens with two attached hydrogens (primary N) is 1. The Hall–Kier alpha value is -1.60. The molecule has 0 amide bonds. The fraction of sp³-hybridized carbons (Fsp3) is 0.308. The third kappa shape index (κ3) is 4.83. The molecule has 0 aliphatic heterocycles. The number of methoxy groups -OCH3 is 1. The minimum atomic E-state index is 0.126. The van der Waals surface area contributed by atoms with E-state index in [0.717, 1.165) is 11.3 Å². The fourth-order valence-corrected chi connectivity index (χ4v) is 1.69. The molecule has 1 aromatic carbocycles. The number of ether oxygens (including phenoxy) is 1. The molecular formula is C13H15NO2S. The highest BCUT2D eigenvalue weighted by Crippen LogP contribution is 2.21. The number of rotatable bonds is 3. The van der Waals surface area contributed by atoms with Crippen LogP contribution in [0.5, 0.6) is 5.75 Å². The number of carbonyl (C=O) groups excluding carboxylic acids is 1. The molecule has 0 unspecified atom stereocenters. The van der Waals surface area contributed by atoms with Gasteiger partial charge in [-0.05, 0) is 18.2 Å². The first-order valence-electron chi connectivity index (χ1n) is 5.19. The molecule has 0 heterocycles. The minimum absolute atomic E-state index is 0.126. The van der Waals surface area contributed by atoms with E-state index in [9.17, 15) is 4.79 Å². The Morgan fingerprint density at radius 2 is 2.29 bits per heavy atom. The predicted octanol–water partition coefficient (Wildman–Crippen LogP) is 2.30. The molecule has 1 aromatic rings. The molecule has 0 saturated heterocycles. The SMILES string of the molecule is COc1cc(C#CCCSC(C)=O)ccc1N. The molecule has 4 heteroatoms. The summed E-state index contributed by atoms with van der Waals surface area (Å²) in [6, 6.07) is 5.43. The van der Waals surface area contributed by atoms with Gasteiger partial charge in [0.25, 0.3) is 0 Å². The molecule has 0 radical (unpaired) electrons. The first kappa shape index (κ1) is 13.5. The molecule has 0 saturated carbocycles. The summed E-state index contributed by atoms with van der Waals surface area (Å²) >= 11 is 1.29. The summed E-state index contributed by atoms with van der Waals surface area (Å²) in [5, 5.41) is 0.126. The van der Waals surface area contributed by atoms with E-state index in [1.54, 1.807) is 26.2 Å². The third-order valence-corrected chi connectivity index (χ3v) is 2.81. The molecule has 0 aliphatic rings. The Morgan fingerprint density at radius 1 is 1.53 bits per heavy atom. The van der Waals surface area contributed by atoms with Gasteiger partial charge in [-0.25, -0.2) is 0 Å². The van der Waals surface area contributed by atoms with Crippen molar-refractivity contribution >= 4 is 22.6 Å². The van der Waals surface area contributed by atoms with Gasteiger partial charge in [0.1, 0.15) is 5.75 Å². The van der Waals surface area contributed by atoms with Crippen LogP contribution in [0.3, 0.4) is 0 Å². The molecule has 17 heavy (non-hydrogen) atoms. The Kier molecular flexibility index (Phi) is 5.44. The van der Waals surface area contributed by atoms with E-state index in [2.05, 4.69) is 11.8 Å².